The maximum Gasteiger partial charge on any atom is 0.338 e. The number of piperazine rings is 1. The molecule has 1 saturated heterocycles. The molecule has 4 heterocycles. The molecule has 0 radical (unpaired) electrons. The van der Waals surface area contributed by atoms with Gasteiger partial charge in [0.1, 0.15) is 11.5 Å². The number of benzene rings is 1. The molecule has 9 nitrogen and oxygen atoms in total. The fourth-order valence-electron chi connectivity index (χ4n) is 4.71. The smallest absolute Gasteiger partial charge is 0.338 e. The van der Waals surface area contributed by atoms with Gasteiger partial charge in [-0.15, -0.1) is 0 Å². The summed E-state index contributed by atoms with van der Waals surface area (Å²) < 4.78 is 19.6. The van der Waals surface area contributed by atoms with Crippen LogP contribution < -0.4 is 24.5 Å². The molecule has 0 saturated carbocycles. The van der Waals surface area contributed by atoms with Crippen LogP contribution >= 0.6 is 27.3 Å². The van der Waals surface area contributed by atoms with Crippen LogP contribution in [0.2, 0.25) is 0 Å². The number of rotatable bonds is 6. The molecule has 2 aliphatic rings. The topological polar surface area (TPSA) is 89.5 Å². The SMILES string of the molecule is CCOC(=O)C1=C(C)N=c2s/c(=C/c3ccc(N4CCN(C)CC4)o3)c(=O)n2[C@H]1c1ccc(OC)c(Br)c1. The van der Waals surface area contributed by atoms with Gasteiger partial charge in [0.2, 0.25) is 0 Å². The molecule has 1 fully saturated rings. The summed E-state index contributed by atoms with van der Waals surface area (Å²) in [6.45, 7) is 7.45. The van der Waals surface area contributed by atoms with Crippen LogP contribution in [0, 0.1) is 0 Å². The number of furan rings is 1. The van der Waals surface area contributed by atoms with Crippen molar-refractivity contribution in [3.63, 3.8) is 0 Å². The molecule has 5 rings (SSSR count). The maximum absolute atomic E-state index is 13.8. The lowest BCUT2D eigenvalue weighted by Gasteiger charge is -2.32. The van der Waals surface area contributed by atoms with E-state index in [-0.39, 0.29) is 12.2 Å². The van der Waals surface area contributed by atoms with E-state index in [1.54, 1.807) is 37.7 Å². The summed E-state index contributed by atoms with van der Waals surface area (Å²) in [6, 6.07) is 8.61. The molecule has 2 aliphatic heterocycles. The second-order valence-electron chi connectivity index (χ2n) is 9.16. The Morgan fingerprint density at radius 3 is 2.68 bits per heavy atom. The first kappa shape index (κ1) is 26.5. The van der Waals surface area contributed by atoms with Crippen LogP contribution in [-0.2, 0) is 9.53 Å². The van der Waals surface area contributed by atoms with E-state index in [0.29, 0.717) is 36.6 Å². The van der Waals surface area contributed by atoms with Crippen molar-refractivity contribution in [3.8, 4) is 5.75 Å². The van der Waals surface area contributed by atoms with E-state index in [2.05, 4.69) is 37.8 Å². The lowest BCUT2D eigenvalue weighted by molar-refractivity contribution is -0.139. The monoisotopic (exact) mass is 600 g/mol. The first-order valence-corrected chi connectivity index (χ1v) is 14.0. The molecule has 2 aromatic heterocycles. The van der Waals surface area contributed by atoms with Gasteiger partial charge in [0.25, 0.3) is 5.56 Å². The molecule has 38 heavy (non-hydrogen) atoms. The Labute approximate surface area is 232 Å². The van der Waals surface area contributed by atoms with Gasteiger partial charge in [0.15, 0.2) is 10.7 Å². The number of carbonyl (C=O) groups excluding carboxylic acids is 1. The lowest BCUT2D eigenvalue weighted by atomic mass is 9.96. The Morgan fingerprint density at radius 2 is 2.00 bits per heavy atom. The first-order chi connectivity index (χ1) is 18.3. The summed E-state index contributed by atoms with van der Waals surface area (Å²) in [5.41, 5.74) is 1.33. The van der Waals surface area contributed by atoms with Crippen LogP contribution in [0.25, 0.3) is 6.08 Å². The Kier molecular flexibility index (Phi) is 7.60. The lowest BCUT2D eigenvalue weighted by Crippen LogP contribution is -2.44. The Morgan fingerprint density at radius 1 is 1.24 bits per heavy atom. The number of hydrogen-bond donors (Lipinski definition) is 0. The molecule has 0 unspecified atom stereocenters. The molecule has 11 heteroatoms. The predicted molar refractivity (Wildman–Crippen MR) is 150 cm³/mol. The van der Waals surface area contributed by atoms with Crippen molar-refractivity contribution < 1.29 is 18.7 Å². The van der Waals surface area contributed by atoms with E-state index in [9.17, 15) is 9.59 Å². The van der Waals surface area contributed by atoms with Gasteiger partial charge in [-0.3, -0.25) is 9.36 Å². The number of anilines is 1. The summed E-state index contributed by atoms with van der Waals surface area (Å²) in [4.78, 5) is 36.5. The fourth-order valence-corrected chi connectivity index (χ4v) is 6.29. The number of fused-ring (bicyclic) bond motifs is 1. The zero-order chi connectivity index (χ0) is 27.0. The molecule has 0 bridgehead atoms. The van der Waals surface area contributed by atoms with Gasteiger partial charge in [0.05, 0.1) is 40.0 Å². The molecule has 1 atom stereocenters. The van der Waals surface area contributed by atoms with Crippen LogP contribution in [0.3, 0.4) is 0 Å². The molecule has 1 aromatic carbocycles. The second kappa shape index (κ2) is 10.9. The van der Waals surface area contributed by atoms with Gasteiger partial charge in [0, 0.05) is 38.3 Å². The number of hydrogen-bond acceptors (Lipinski definition) is 9. The molecule has 200 valence electrons. The van der Waals surface area contributed by atoms with E-state index in [4.69, 9.17) is 13.9 Å². The number of nitrogens with zero attached hydrogens (tertiary/aromatic N) is 4. The largest absolute Gasteiger partial charge is 0.496 e. The number of carbonyl (C=O) groups is 1. The highest BCUT2D eigenvalue weighted by atomic mass is 79.9. The van der Waals surface area contributed by atoms with E-state index in [0.717, 1.165) is 37.6 Å². The van der Waals surface area contributed by atoms with Crippen molar-refractivity contribution in [1.29, 1.82) is 0 Å². The van der Waals surface area contributed by atoms with Crippen molar-refractivity contribution in [2.45, 2.75) is 19.9 Å². The standard InChI is InChI=1S/C27H29BrN4O5S/c1-5-36-26(34)23-16(2)29-27-32(24(23)17-6-8-20(35-4)19(28)14-17)25(33)21(38-27)15-18-7-9-22(37-18)31-12-10-30(3)11-13-31/h6-9,14-15,24H,5,10-13H2,1-4H3/b21-15+/t24-/m0/s1. The van der Waals surface area contributed by atoms with E-state index in [1.807, 2.05) is 24.3 Å². The quantitative estimate of drug-likeness (QED) is 0.402. The third-order valence-corrected chi connectivity index (χ3v) is 8.31. The van der Waals surface area contributed by atoms with E-state index < -0.39 is 12.0 Å². The summed E-state index contributed by atoms with van der Waals surface area (Å²) in [5.74, 6) is 1.53. The molecule has 0 aliphatic carbocycles. The van der Waals surface area contributed by atoms with Crippen molar-refractivity contribution in [1.82, 2.24) is 9.47 Å². The van der Waals surface area contributed by atoms with Gasteiger partial charge in [-0.1, -0.05) is 17.4 Å². The van der Waals surface area contributed by atoms with Crippen LogP contribution in [0.4, 0.5) is 5.88 Å². The molecular weight excluding hydrogens is 572 g/mol. The van der Waals surface area contributed by atoms with Crippen molar-refractivity contribution in [2.24, 2.45) is 4.99 Å². The number of methoxy groups -OCH3 is 1. The third-order valence-electron chi connectivity index (χ3n) is 6.71. The average molecular weight is 602 g/mol. The van der Waals surface area contributed by atoms with Crippen molar-refractivity contribution in [3.05, 3.63) is 77.1 Å². The van der Waals surface area contributed by atoms with Gasteiger partial charge >= 0.3 is 5.97 Å². The number of thiazole rings is 1. The van der Waals surface area contributed by atoms with Crippen LogP contribution in [-0.4, -0.2) is 62.4 Å². The first-order valence-electron chi connectivity index (χ1n) is 12.4. The summed E-state index contributed by atoms with van der Waals surface area (Å²) in [7, 11) is 3.69. The Balaban J connectivity index is 1.59. The Hall–Kier alpha value is -3.15. The maximum atomic E-state index is 13.8. The fraction of sp³-hybridized carbons (Fsp3) is 0.370. The summed E-state index contributed by atoms with van der Waals surface area (Å²) in [6.07, 6.45) is 1.74. The van der Waals surface area contributed by atoms with Gasteiger partial charge in [-0.25, -0.2) is 9.79 Å². The highest BCUT2D eigenvalue weighted by molar-refractivity contribution is 9.10. The van der Waals surface area contributed by atoms with Crippen LogP contribution in [0.1, 0.15) is 31.2 Å². The highest BCUT2D eigenvalue weighted by Crippen LogP contribution is 2.35. The zero-order valence-electron chi connectivity index (χ0n) is 21.7. The number of esters is 1. The third kappa shape index (κ3) is 4.97. The molecular formula is C27H29BrN4O5S. The molecule has 3 aromatic rings. The van der Waals surface area contributed by atoms with Crippen molar-refractivity contribution >= 4 is 45.2 Å². The van der Waals surface area contributed by atoms with E-state index in [1.165, 1.54) is 11.3 Å². The van der Waals surface area contributed by atoms with Gasteiger partial charge in [-0.05, 0) is 60.6 Å². The number of aromatic nitrogens is 1. The number of halogens is 1. The average Bonchev–Trinajstić information content (AvgIpc) is 3.48. The van der Waals surface area contributed by atoms with Gasteiger partial charge < -0.3 is 23.7 Å². The Bertz CT molecular complexity index is 1580. The minimum absolute atomic E-state index is 0.215. The molecule has 0 N–H and O–H groups in total. The number of ether oxygens (including phenoxy) is 2. The summed E-state index contributed by atoms with van der Waals surface area (Å²) >= 11 is 4.80. The predicted octanol–water partition coefficient (Wildman–Crippen LogP) is 2.91. The molecule has 0 amide bonds. The number of allylic oxidation sites excluding steroid dienone is 1. The van der Waals surface area contributed by atoms with Crippen LogP contribution in [0.5, 0.6) is 5.75 Å². The zero-order valence-corrected chi connectivity index (χ0v) is 24.1. The highest BCUT2D eigenvalue weighted by Gasteiger charge is 2.33. The second-order valence-corrected chi connectivity index (χ2v) is 11.0. The molecule has 0 spiro atoms. The van der Waals surface area contributed by atoms with Crippen molar-refractivity contribution in [2.75, 3.05) is 51.8 Å². The number of likely N-dealkylation sites (N-methyl/N-ethyl adjacent to an activating group) is 1. The minimum Gasteiger partial charge on any atom is -0.496 e. The van der Waals surface area contributed by atoms with E-state index >= 15 is 0 Å². The van der Waals surface area contributed by atoms with Crippen LogP contribution in [0.15, 0.2) is 60.3 Å². The summed E-state index contributed by atoms with van der Waals surface area (Å²) in [5, 5.41) is 0. The minimum atomic E-state index is -0.702. The van der Waals surface area contributed by atoms with Gasteiger partial charge in [-0.2, -0.15) is 0 Å². The normalized spacial score (nSPS) is 18.4.